The van der Waals surface area contributed by atoms with Gasteiger partial charge in [0.2, 0.25) is 5.91 Å². The lowest BCUT2D eigenvalue weighted by Crippen LogP contribution is -2.36. The van der Waals surface area contributed by atoms with E-state index in [1.54, 1.807) is 36.4 Å². The molecule has 1 heterocycles. The fourth-order valence-corrected chi connectivity index (χ4v) is 3.54. The van der Waals surface area contributed by atoms with Crippen LogP contribution in [0.5, 0.6) is 0 Å². The zero-order valence-electron chi connectivity index (χ0n) is 15.2. The van der Waals surface area contributed by atoms with Crippen molar-refractivity contribution in [3.8, 4) is 0 Å². The van der Waals surface area contributed by atoms with Crippen LogP contribution in [0, 0.1) is 5.41 Å². The summed E-state index contributed by atoms with van der Waals surface area (Å²) in [6.07, 6.45) is 7.48. The van der Waals surface area contributed by atoms with Crippen LogP contribution in [0.2, 0.25) is 0 Å². The summed E-state index contributed by atoms with van der Waals surface area (Å²) in [6.45, 7) is 0.554. The van der Waals surface area contributed by atoms with Crippen molar-refractivity contribution in [3.05, 3.63) is 48.4 Å². The van der Waals surface area contributed by atoms with Crippen LogP contribution in [0.25, 0.3) is 0 Å². The minimum Gasteiger partial charge on any atom is -0.459 e. The molecule has 27 heavy (non-hydrogen) atoms. The Morgan fingerprint density at radius 1 is 1.00 bits per heavy atom. The van der Waals surface area contributed by atoms with E-state index in [9.17, 15) is 9.59 Å². The van der Waals surface area contributed by atoms with Crippen molar-refractivity contribution in [1.29, 1.82) is 0 Å². The molecule has 0 bridgehead atoms. The van der Waals surface area contributed by atoms with Crippen molar-refractivity contribution >= 4 is 35.6 Å². The number of anilines is 2. The van der Waals surface area contributed by atoms with Crippen LogP contribution in [0.3, 0.4) is 0 Å². The zero-order valence-corrected chi connectivity index (χ0v) is 16.0. The normalized spacial score (nSPS) is 15.4. The summed E-state index contributed by atoms with van der Waals surface area (Å²) in [5, 5.41) is 5.67. The summed E-state index contributed by atoms with van der Waals surface area (Å²) >= 11 is 0. The molecule has 1 aliphatic carbocycles. The molecule has 0 unspecified atom stereocenters. The minimum atomic E-state index is -0.311. The molecular weight excluding hydrogens is 366 g/mol. The van der Waals surface area contributed by atoms with Gasteiger partial charge in [-0.2, -0.15) is 0 Å². The number of amides is 2. The summed E-state index contributed by atoms with van der Waals surface area (Å²) in [6, 6.07) is 10.3. The first-order valence-electron chi connectivity index (χ1n) is 9.05. The lowest BCUT2D eigenvalue weighted by molar-refractivity contribution is -0.118. The van der Waals surface area contributed by atoms with Gasteiger partial charge in [0.05, 0.1) is 6.26 Å². The average molecular weight is 392 g/mol. The Hall–Kier alpha value is -2.31. The van der Waals surface area contributed by atoms with Gasteiger partial charge in [0, 0.05) is 17.8 Å². The van der Waals surface area contributed by atoms with E-state index in [1.165, 1.54) is 12.7 Å². The van der Waals surface area contributed by atoms with Gasteiger partial charge in [-0.15, -0.1) is 12.4 Å². The van der Waals surface area contributed by atoms with Crippen LogP contribution < -0.4 is 16.4 Å². The molecule has 3 rings (SSSR count). The number of hydrogen-bond donors (Lipinski definition) is 3. The molecule has 1 aromatic heterocycles. The molecule has 6 nitrogen and oxygen atoms in total. The van der Waals surface area contributed by atoms with Crippen molar-refractivity contribution in [2.24, 2.45) is 11.1 Å². The molecule has 146 valence electrons. The van der Waals surface area contributed by atoms with Gasteiger partial charge in [0.25, 0.3) is 5.91 Å². The number of hydrogen-bond acceptors (Lipinski definition) is 4. The van der Waals surface area contributed by atoms with E-state index in [-0.39, 0.29) is 35.4 Å². The number of benzene rings is 1. The van der Waals surface area contributed by atoms with Crippen LogP contribution in [-0.2, 0) is 4.79 Å². The molecule has 2 amide bonds. The Bertz CT molecular complexity index is 738. The average Bonchev–Trinajstić information content (AvgIpc) is 3.19. The molecule has 0 saturated heterocycles. The highest BCUT2D eigenvalue weighted by Gasteiger charge is 2.32. The van der Waals surface area contributed by atoms with Crippen molar-refractivity contribution in [3.63, 3.8) is 0 Å². The van der Waals surface area contributed by atoms with Crippen molar-refractivity contribution in [2.45, 2.75) is 38.5 Å². The standard InChI is InChI=1S/C20H25N3O3.ClH/c21-14-20(10-2-1-3-11-20)13-18(24)22-15-6-8-16(9-7-15)23-19(25)17-5-4-12-26-17;/h4-9,12H,1-3,10-11,13-14,21H2,(H,22,24)(H,23,25);1H. The van der Waals surface area contributed by atoms with Gasteiger partial charge in [0.1, 0.15) is 0 Å². The van der Waals surface area contributed by atoms with E-state index in [0.717, 1.165) is 25.7 Å². The smallest absolute Gasteiger partial charge is 0.291 e. The van der Waals surface area contributed by atoms with Crippen LogP contribution >= 0.6 is 12.4 Å². The van der Waals surface area contributed by atoms with Gasteiger partial charge in [-0.25, -0.2) is 0 Å². The first-order chi connectivity index (χ1) is 12.6. The molecule has 0 aliphatic heterocycles. The number of nitrogens with one attached hydrogen (secondary N) is 2. The molecule has 0 spiro atoms. The zero-order chi connectivity index (χ0) is 18.4. The molecule has 1 aromatic carbocycles. The van der Waals surface area contributed by atoms with Gasteiger partial charge in [-0.3, -0.25) is 9.59 Å². The Morgan fingerprint density at radius 3 is 2.19 bits per heavy atom. The Morgan fingerprint density at radius 2 is 1.63 bits per heavy atom. The van der Waals surface area contributed by atoms with Gasteiger partial charge < -0.3 is 20.8 Å². The van der Waals surface area contributed by atoms with Crippen LogP contribution in [0.4, 0.5) is 11.4 Å². The van der Waals surface area contributed by atoms with Crippen molar-refractivity contribution < 1.29 is 14.0 Å². The van der Waals surface area contributed by atoms with Crippen LogP contribution in [-0.4, -0.2) is 18.4 Å². The van der Waals surface area contributed by atoms with E-state index in [2.05, 4.69) is 10.6 Å². The van der Waals surface area contributed by atoms with E-state index in [4.69, 9.17) is 10.2 Å². The second kappa shape index (κ2) is 9.58. The number of carbonyl (C=O) groups is 2. The van der Waals surface area contributed by atoms with Crippen molar-refractivity contribution in [2.75, 3.05) is 17.2 Å². The maximum absolute atomic E-state index is 12.4. The molecular formula is C20H26ClN3O3. The predicted octanol–water partition coefficient (Wildman–Crippen LogP) is 4.19. The molecule has 7 heteroatoms. The van der Waals surface area contributed by atoms with Crippen LogP contribution in [0.1, 0.15) is 49.1 Å². The Balaban J connectivity index is 0.00000261. The maximum atomic E-state index is 12.4. The second-order valence-electron chi connectivity index (χ2n) is 7.00. The quantitative estimate of drug-likeness (QED) is 0.687. The molecule has 1 fully saturated rings. The van der Waals surface area contributed by atoms with Gasteiger partial charge in [0.15, 0.2) is 5.76 Å². The summed E-state index contributed by atoms with van der Waals surface area (Å²) in [5.41, 5.74) is 7.24. The lowest BCUT2D eigenvalue weighted by atomic mass is 9.71. The van der Waals surface area contributed by atoms with Crippen LogP contribution in [0.15, 0.2) is 47.1 Å². The van der Waals surface area contributed by atoms with Gasteiger partial charge >= 0.3 is 0 Å². The number of rotatable bonds is 6. The van der Waals surface area contributed by atoms with Gasteiger partial charge in [-0.1, -0.05) is 19.3 Å². The molecule has 2 aromatic rings. The van der Waals surface area contributed by atoms with E-state index in [0.29, 0.717) is 24.3 Å². The SMILES string of the molecule is Cl.NCC1(CC(=O)Nc2ccc(NC(=O)c3ccco3)cc2)CCCCC1. The third kappa shape index (κ3) is 5.58. The monoisotopic (exact) mass is 391 g/mol. The Labute approximate surface area is 165 Å². The third-order valence-corrected chi connectivity index (χ3v) is 5.05. The lowest BCUT2D eigenvalue weighted by Gasteiger charge is -2.35. The number of carbonyl (C=O) groups excluding carboxylic acids is 2. The van der Waals surface area contributed by atoms with E-state index in [1.807, 2.05) is 0 Å². The first kappa shape index (κ1) is 21.0. The molecule has 0 atom stereocenters. The summed E-state index contributed by atoms with van der Waals surface area (Å²) in [4.78, 5) is 24.4. The highest BCUT2D eigenvalue weighted by Crippen LogP contribution is 2.38. The molecule has 0 radical (unpaired) electrons. The third-order valence-electron chi connectivity index (χ3n) is 5.05. The van der Waals surface area contributed by atoms with E-state index >= 15 is 0 Å². The summed E-state index contributed by atoms with van der Waals surface area (Å²) in [5.74, 6) is -0.0689. The topological polar surface area (TPSA) is 97.4 Å². The summed E-state index contributed by atoms with van der Waals surface area (Å²) in [7, 11) is 0. The summed E-state index contributed by atoms with van der Waals surface area (Å²) < 4.78 is 5.06. The highest BCUT2D eigenvalue weighted by atomic mass is 35.5. The fraction of sp³-hybridized carbons (Fsp3) is 0.400. The fourth-order valence-electron chi connectivity index (χ4n) is 3.54. The first-order valence-corrected chi connectivity index (χ1v) is 9.05. The molecule has 1 saturated carbocycles. The number of furan rings is 1. The number of halogens is 1. The predicted molar refractivity (Wildman–Crippen MR) is 108 cm³/mol. The molecule has 4 N–H and O–H groups in total. The second-order valence-corrected chi connectivity index (χ2v) is 7.00. The van der Waals surface area contributed by atoms with Crippen molar-refractivity contribution in [1.82, 2.24) is 0 Å². The Kier molecular flexibility index (Phi) is 7.45. The molecule has 1 aliphatic rings. The largest absolute Gasteiger partial charge is 0.459 e. The minimum absolute atomic E-state index is 0. The maximum Gasteiger partial charge on any atom is 0.291 e. The van der Waals surface area contributed by atoms with E-state index < -0.39 is 0 Å². The highest BCUT2D eigenvalue weighted by molar-refractivity contribution is 6.02. The van der Waals surface area contributed by atoms with Gasteiger partial charge in [-0.05, 0) is 61.2 Å². The number of nitrogens with two attached hydrogens (primary N) is 1.